The van der Waals surface area contributed by atoms with Crippen LogP contribution in [0.1, 0.15) is 32.6 Å². The van der Waals surface area contributed by atoms with Gasteiger partial charge in [0.25, 0.3) is 0 Å². The van der Waals surface area contributed by atoms with Gasteiger partial charge in [-0.25, -0.2) is 0 Å². The molecular weight excluding hydrogens is 226 g/mol. The Balaban J connectivity index is 1.51. The summed E-state index contributed by atoms with van der Waals surface area (Å²) in [5.74, 6) is 1.79. The maximum atomic E-state index is 12.2. The molecule has 2 saturated heterocycles. The van der Waals surface area contributed by atoms with Crippen LogP contribution in [0.5, 0.6) is 0 Å². The highest BCUT2D eigenvalue weighted by molar-refractivity contribution is 5.81. The molecule has 0 radical (unpaired) electrons. The molecule has 1 amide bonds. The number of likely N-dealkylation sites (tertiary alicyclic amines) is 1. The topological polar surface area (TPSA) is 44.4 Å². The van der Waals surface area contributed by atoms with Crippen LogP contribution in [0, 0.1) is 11.8 Å². The lowest BCUT2D eigenvalue weighted by molar-refractivity contribution is -0.126. The molecule has 2 aliphatic heterocycles. The zero-order valence-electron chi connectivity index (χ0n) is 11.3. The Hall–Kier alpha value is -0.610. The standard InChI is InChI=1S/C14H25N3O/c1-10(14(18)16-13-4-2-3-5-13)17-8-11-6-15-7-12(11)9-17/h10-13,15H,2-9H2,1H3,(H,16,18)/t10?,11-,12+. The molecule has 0 aromatic rings. The number of hydrogen-bond acceptors (Lipinski definition) is 3. The van der Waals surface area contributed by atoms with Crippen molar-refractivity contribution >= 4 is 5.91 Å². The highest BCUT2D eigenvalue weighted by Gasteiger charge is 2.39. The van der Waals surface area contributed by atoms with Gasteiger partial charge in [0, 0.05) is 19.1 Å². The molecule has 18 heavy (non-hydrogen) atoms. The summed E-state index contributed by atoms with van der Waals surface area (Å²) in [4.78, 5) is 14.6. The largest absolute Gasteiger partial charge is 0.352 e. The first-order valence-electron chi connectivity index (χ1n) is 7.49. The minimum absolute atomic E-state index is 0.0520. The Bertz CT molecular complexity index is 302. The first kappa shape index (κ1) is 12.4. The van der Waals surface area contributed by atoms with Crippen LogP contribution in [-0.4, -0.2) is 49.1 Å². The number of carbonyl (C=O) groups is 1. The molecule has 3 atom stereocenters. The predicted octanol–water partition coefficient (Wildman–Crippen LogP) is 0.585. The van der Waals surface area contributed by atoms with E-state index in [1.165, 1.54) is 25.7 Å². The summed E-state index contributed by atoms with van der Waals surface area (Å²) in [5, 5.41) is 6.67. The van der Waals surface area contributed by atoms with Gasteiger partial charge in [-0.2, -0.15) is 0 Å². The molecule has 1 aliphatic carbocycles. The first-order valence-corrected chi connectivity index (χ1v) is 7.49. The molecule has 0 spiro atoms. The van der Waals surface area contributed by atoms with Crippen LogP contribution in [0.4, 0.5) is 0 Å². The van der Waals surface area contributed by atoms with Gasteiger partial charge in [-0.15, -0.1) is 0 Å². The van der Waals surface area contributed by atoms with E-state index in [1.807, 2.05) is 0 Å². The zero-order valence-corrected chi connectivity index (χ0v) is 11.3. The molecule has 0 aromatic heterocycles. The van der Waals surface area contributed by atoms with Gasteiger partial charge < -0.3 is 10.6 Å². The Labute approximate surface area is 109 Å². The fourth-order valence-corrected chi connectivity index (χ4v) is 3.77. The second-order valence-corrected chi connectivity index (χ2v) is 6.30. The third-order valence-corrected chi connectivity index (χ3v) is 5.05. The van der Waals surface area contributed by atoms with Gasteiger partial charge in [0.05, 0.1) is 6.04 Å². The lowest BCUT2D eigenvalue weighted by atomic mass is 10.0. The molecule has 0 bridgehead atoms. The molecule has 0 aromatic carbocycles. The lowest BCUT2D eigenvalue weighted by Gasteiger charge is -2.25. The molecular formula is C14H25N3O. The second kappa shape index (κ2) is 5.17. The van der Waals surface area contributed by atoms with Gasteiger partial charge in [-0.3, -0.25) is 9.69 Å². The summed E-state index contributed by atoms with van der Waals surface area (Å²) in [6, 6.07) is 0.500. The highest BCUT2D eigenvalue weighted by atomic mass is 16.2. The molecule has 2 N–H and O–H groups in total. The molecule has 3 aliphatic rings. The molecule has 4 heteroatoms. The van der Waals surface area contributed by atoms with Gasteiger partial charge in [0.2, 0.25) is 5.91 Å². The minimum Gasteiger partial charge on any atom is -0.352 e. The predicted molar refractivity (Wildman–Crippen MR) is 71.3 cm³/mol. The average Bonchev–Trinajstić information content (AvgIpc) is 3.02. The minimum atomic E-state index is 0.0520. The van der Waals surface area contributed by atoms with Crippen LogP contribution >= 0.6 is 0 Å². The molecule has 2 heterocycles. The molecule has 1 saturated carbocycles. The van der Waals surface area contributed by atoms with Crippen molar-refractivity contribution in [3.05, 3.63) is 0 Å². The van der Waals surface area contributed by atoms with E-state index in [2.05, 4.69) is 22.5 Å². The van der Waals surface area contributed by atoms with E-state index in [-0.39, 0.29) is 11.9 Å². The van der Waals surface area contributed by atoms with Crippen LogP contribution in [-0.2, 0) is 4.79 Å². The Morgan fingerprint density at radius 3 is 2.44 bits per heavy atom. The SMILES string of the molecule is CC(C(=O)NC1CCCC1)N1C[C@H]2CNC[C@H]2C1. The van der Waals surface area contributed by atoms with Crippen molar-refractivity contribution in [3.63, 3.8) is 0 Å². The van der Waals surface area contributed by atoms with Crippen molar-refractivity contribution in [1.82, 2.24) is 15.5 Å². The van der Waals surface area contributed by atoms with E-state index in [9.17, 15) is 4.79 Å². The fourth-order valence-electron chi connectivity index (χ4n) is 3.77. The summed E-state index contributed by atoms with van der Waals surface area (Å²) in [6.45, 7) is 6.53. The van der Waals surface area contributed by atoms with Crippen molar-refractivity contribution in [3.8, 4) is 0 Å². The van der Waals surface area contributed by atoms with Gasteiger partial charge in [-0.05, 0) is 44.7 Å². The van der Waals surface area contributed by atoms with Gasteiger partial charge >= 0.3 is 0 Å². The van der Waals surface area contributed by atoms with E-state index in [4.69, 9.17) is 0 Å². The van der Waals surface area contributed by atoms with E-state index in [0.29, 0.717) is 6.04 Å². The van der Waals surface area contributed by atoms with Crippen LogP contribution in [0.25, 0.3) is 0 Å². The maximum absolute atomic E-state index is 12.2. The number of hydrogen-bond donors (Lipinski definition) is 2. The van der Waals surface area contributed by atoms with Crippen molar-refractivity contribution in [2.45, 2.75) is 44.7 Å². The summed E-state index contributed by atoms with van der Waals surface area (Å²) >= 11 is 0. The summed E-state index contributed by atoms with van der Waals surface area (Å²) < 4.78 is 0. The van der Waals surface area contributed by atoms with E-state index in [1.54, 1.807) is 0 Å². The number of nitrogens with one attached hydrogen (secondary N) is 2. The summed E-state index contributed by atoms with van der Waals surface area (Å²) in [6.07, 6.45) is 4.90. The number of nitrogens with zero attached hydrogens (tertiary/aromatic N) is 1. The van der Waals surface area contributed by atoms with Crippen molar-refractivity contribution in [2.75, 3.05) is 26.2 Å². The molecule has 3 rings (SSSR count). The number of rotatable bonds is 3. The number of fused-ring (bicyclic) bond motifs is 1. The second-order valence-electron chi connectivity index (χ2n) is 6.30. The third kappa shape index (κ3) is 2.41. The normalized spacial score (nSPS) is 34.7. The van der Waals surface area contributed by atoms with Crippen LogP contribution < -0.4 is 10.6 Å². The molecule has 1 unspecified atom stereocenters. The fraction of sp³-hybridized carbons (Fsp3) is 0.929. The molecule has 3 fully saturated rings. The monoisotopic (exact) mass is 251 g/mol. The molecule has 102 valence electrons. The summed E-state index contributed by atoms with van der Waals surface area (Å²) in [7, 11) is 0. The van der Waals surface area contributed by atoms with Crippen molar-refractivity contribution in [2.24, 2.45) is 11.8 Å². The van der Waals surface area contributed by atoms with Crippen molar-refractivity contribution in [1.29, 1.82) is 0 Å². The number of amides is 1. The maximum Gasteiger partial charge on any atom is 0.237 e. The molecule has 4 nitrogen and oxygen atoms in total. The van der Waals surface area contributed by atoms with Crippen LogP contribution in [0.2, 0.25) is 0 Å². The lowest BCUT2D eigenvalue weighted by Crippen LogP contribution is -2.47. The third-order valence-electron chi connectivity index (χ3n) is 5.05. The van der Waals surface area contributed by atoms with Gasteiger partial charge in [-0.1, -0.05) is 12.8 Å². The van der Waals surface area contributed by atoms with E-state index in [0.717, 1.165) is 38.0 Å². The Kier molecular flexibility index (Phi) is 3.57. The summed E-state index contributed by atoms with van der Waals surface area (Å²) in [5.41, 5.74) is 0. The Morgan fingerprint density at radius 1 is 1.22 bits per heavy atom. The van der Waals surface area contributed by atoms with E-state index < -0.39 is 0 Å². The average molecular weight is 251 g/mol. The van der Waals surface area contributed by atoms with E-state index >= 15 is 0 Å². The van der Waals surface area contributed by atoms with Crippen molar-refractivity contribution < 1.29 is 4.79 Å². The van der Waals surface area contributed by atoms with Gasteiger partial charge in [0.1, 0.15) is 0 Å². The highest BCUT2D eigenvalue weighted by Crippen LogP contribution is 2.27. The smallest absolute Gasteiger partial charge is 0.237 e. The van der Waals surface area contributed by atoms with Gasteiger partial charge in [0.15, 0.2) is 0 Å². The zero-order chi connectivity index (χ0) is 12.5. The Morgan fingerprint density at radius 2 is 1.83 bits per heavy atom. The quantitative estimate of drug-likeness (QED) is 0.771. The van der Waals surface area contributed by atoms with Crippen LogP contribution in [0.3, 0.4) is 0 Å². The first-order chi connectivity index (χ1) is 8.74. The van der Waals surface area contributed by atoms with Crippen LogP contribution in [0.15, 0.2) is 0 Å². The number of carbonyl (C=O) groups excluding carboxylic acids is 1.